The Labute approximate surface area is 146 Å². The summed E-state index contributed by atoms with van der Waals surface area (Å²) in [5.74, 6) is 0.838. The van der Waals surface area contributed by atoms with Gasteiger partial charge in [-0.2, -0.15) is 0 Å². The van der Waals surface area contributed by atoms with Crippen molar-refractivity contribution in [3.63, 3.8) is 0 Å². The number of amides is 1. The molecule has 0 unspecified atom stereocenters. The van der Waals surface area contributed by atoms with Crippen molar-refractivity contribution in [2.45, 2.75) is 19.1 Å². The topological polar surface area (TPSA) is 85.4 Å². The normalized spacial score (nSPS) is 19.9. The van der Waals surface area contributed by atoms with E-state index in [0.29, 0.717) is 30.5 Å². The Morgan fingerprint density at radius 1 is 1.42 bits per heavy atom. The van der Waals surface area contributed by atoms with Crippen LogP contribution < -0.4 is 15.4 Å². The molecule has 1 saturated heterocycles. The van der Waals surface area contributed by atoms with Crippen LogP contribution in [-0.4, -0.2) is 41.2 Å². The number of anilines is 1. The zero-order valence-electron chi connectivity index (χ0n) is 13.1. The number of hydrogen-bond acceptors (Lipinski definition) is 6. The molecule has 0 aliphatic carbocycles. The quantitative estimate of drug-likeness (QED) is 0.877. The van der Waals surface area contributed by atoms with E-state index in [9.17, 15) is 4.79 Å². The van der Waals surface area contributed by atoms with Gasteiger partial charge in [-0.25, -0.2) is 4.98 Å². The van der Waals surface area contributed by atoms with E-state index < -0.39 is 0 Å². The zero-order valence-corrected chi connectivity index (χ0v) is 14.0. The molecule has 8 heteroatoms. The summed E-state index contributed by atoms with van der Waals surface area (Å²) in [5, 5.41) is 6.03. The van der Waals surface area contributed by atoms with E-state index in [2.05, 4.69) is 20.6 Å². The van der Waals surface area contributed by atoms with E-state index in [1.807, 2.05) is 6.92 Å². The lowest BCUT2D eigenvalue weighted by atomic mass is 10.1. The van der Waals surface area contributed by atoms with Crippen LogP contribution in [0, 0.1) is 0 Å². The fourth-order valence-corrected chi connectivity index (χ4v) is 2.34. The molecule has 2 N–H and O–H groups in total. The highest BCUT2D eigenvalue weighted by atomic mass is 35.5. The van der Waals surface area contributed by atoms with Gasteiger partial charge in [0.15, 0.2) is 0 Å². The van der Waals surface area contributed by atoms with Crippen LogP contribution in [0.1, 0.15) is 6.92 Å². The van der Waals surface area contributed by atoms with Crippen LogP contribution in [0.3, 0.4) is 0 Å². The number of hydrogen-bond donors (Lipinski definition) is 2. The maximum absolute atomic E-state index is 12.3. The maximum Gasteiger partial charge on any atom is 0.244 e. The van der Waals surface area contributed by atoms with Crippen LogP contribution in [0.25, 0.3) is 0 Å². The first-order valence-corrected chi connectivity index (χ1v) is 7.42. The summed E-state index contributed by atoms with van der Waals surface area (Å²) in [6, 6.07) is 6.76. The summed E-state index contributed by atoms with van der Waals surface area (Å²) < 4.78 is 11.1. The Hall–Kier alpha value is -2.22. The molecule has 1 amide bonds. The number of nitrogens with one attached hydrogen (secondary N) is 2. The molecule has 0 radical (unpaired) electrons. The van der Waals surface area contributed by atoms with E-state index in [1.165, 1.54) is 6.20 Å². The number of carbonyl (C=O) groups excluding carboxylic acids is 1. The second-order valence-electron chi connectivity index (χ2n) is 5.17. The molecular formula is C16H19ClN4O3. The van der Waals surface area contributed by atoms with Crippen LogP contribution in [0.15, 0.2) is 42.9 Å². The fraction of sp³-hybridized carbons (Fsp3) is 0.312. The van der Waals surface area contributed by atoms with Crippen LogP contribution in [0.4, 0.5) is 5.69 Å². The summed E-state index contributed by atoms with van der Waals surface area (Å²) in [6.07, 6.45) is 4.49. The van der Waals surface area contributed by atoms with Gasteiger partial charge >= 0.3 is 0 Å². The fourth-order valence-electron chi connectivity index (χ4n) is 2.34. The van der Waals surface area contributed by atoms with E-state index in [0.717, 1.165) is 0 Å². The maximum atomic E-state index is 12.3. The summed E-state index contributed by atoms with van der Waals surface area (Å²) in [6.45, 7) is 3.16. The van der Waals surface area contributed by atoms with Crippen LogP contribution >= 0.6 is 12.4 Å². The molecule has 1 fully saturated rings. The Morgan fingerprint density at radius 3 is 3.04 bits per heavy atom. The highest BCUT2D eigenvalue weighted by Gasteiger charge is 2.28. The number of carbonyl (C=O) groups is 1. The summed E-state index contributed by atoms with van der Waals surface area (Å²) >= 11 is 0. The van der Waals surface area contributed by atoms with Gasteiger partial charge in [0.1, 0.15) is 11.8 Å². The van der Waals surface area contributed by atoms with E-state index in [-0.39, 0.29) is 30.5 Å². The molecule has 2 aromatic rings. The first-order chi connectivity index (χ1) is 11.2. The minimum Gasteiger partial charge on any atom is -0.437 e. The summed E-state index contributed by atoms with van der Waals surface area (Å²) in [5.41, 5.74) is 0.649. The van der Waals surface area contributed by atoms with Crippen molar-refractivity contribution >= 4 is 24.0 Å². The van der Waals surface area contributed by atoms with Gasteiger partial charge in [-0.1, -0.05) is 6.07 Å². The number of ether oxygens (including phenoxy) is 2. The van der Waals surface area contributed by atoms with Gasteiger partial charge in [0.05, 0.1) is 18.9 Å². The van der Waals surface area contributed by atoms with E-state index >= 15 is 0 Å². The van der Waals surface area contributed by atoms with Gasteiger partial charge in [0.2, 0.25) is 11.8 Å². The second-order valence-corrected chi connectivity index (χ2v) is 5.17. The standard InChI is InChI=1S/C16H18N4O3.ClH/c1-11-15(19-7-8-22-11)16(21)20-12-3-2-4-13(9-12)23-14-10-17-5-6-18-14;/h2-6,9-11,15,19H,7-8H2,1H3,(H,20,21);1H/t11-,15+;/m1./s1. The zero-order chi connectivity index (χ0) is 16.1. The minimum absolute atomic E-state index is 0. The number of aromatic nitrogens is 2. The smallest absolute Gasteiger partial charge is 0.244 e. The molecule has 24 heavy (non-hydrogen) atoms. The van der Waals surface area contributed by atoms with Gasteiger partial charge < -0.3 is 20.1 Å². The molecule has 0 spiro atoms. The SMILES string of the molecule is C[C@H]1OCCN[C@@H]1C(=O)Nc1cccc(Oc2cnccn2)c1.Cl. The molecule has 0 bridgehead atoms. The number of rotatable bonds is 4. The van der Waals surface area contributed by atoms with Crippen molar-refractivity contribution in [1.29, 1.82) is 0 Å². The molecule has 128 valence electrons. The molecule has 2 atom stereocenters. The monoisotopic (exact) mass is 350 g/mol. The average molecular weight is 351 g/mol. The van der Waals surface area contributed by atoms with Gasteiger partial charge in [-0.15, -0.1) is 12.4 Å². The lowest BCUT2D eigenvalue weighted by molar-refractivity contribution is -0.123. The summed E-state index contributed by atoms with van der Waals surface area (Å²) in [7, 11) is 0. The van der Waals surface area contributed by atoms with E-state index in [4.69, 9.17) is 9.47 Å². The average Bonchev–Trinajstić information content (AvgIpc) is 2.56. The highest BCUT2D eigenvalue weighted by molar-refractivity contribution is 5.95. The Morgan fingerprint density at radius 2 is 2.29 bits per heavy atom. The summed E-state index contributed by atoms with van der Waals surface area (Å²) in [4.78, 5) is 20.3. The molecule has 3 rings (SSSR count). The third-order valence-electron chi connectivity index (χ3n) is 3.46. The van der Waals surface area contributed by atoms with Crippen LogP contribution in [0.5, 0.6) is 11.6 Å². The predicted octanol–water partition coefficient (Wildman–Crippen LogP) is 2.01. The third-order valence-corrected chi connectivity index (χ3v) is 3.46. The first kappa shape index (κ1) is 18.1. The van der Waals surface area contributed by atoms with Crippen molar-refractivity contribution in [2.24, 2.45) is 0 Å². The minimum atomic E-state index is -0.367. The van der Waals surface area contributed by atoms with Gasteiger partial charge in [0, 0.05) is 30.7 Å². The number of halogens is 1. The molecular weight excluding hydrogens is 332 g/mol. The van der Waals surface area contributed by atoms with Gasteiger partial charge in [-0.05, 0) is 19.1 Å². The molecule has 0 saturated carbocycles. The van der Waals surface area contributed by atoms with Crippen molar-refractivity contribution in [3.8, 4) is 11.6 Å². The number of nitrogens with zero attached hydrogens (tertiary/aromatic N) is 2. The predicted molar refractivity (Wildman–Crippen MR) is 91.6 cm³/mol. The molecule has 1 aliphatic heterocycles. The third kappa shape index (κ3) is 4.64. The molecule has 2 heterocycles. The van der Waals surface area contributed by atoms with Crippen LogP contribution in [-0.2, 0) is 9.53 Å². The first-order valence-electron chi connectivity index (χ1n) is 7.42. The largest absolute Gasteiger partial charge is 0.437 e. The highest BCUT2D eigenvalue weighted by Crippen LogP contribution is 2.22. The van der Waals surface area contributed by atoms with E-state index in [1.54, 1.807) is 36.7 Å². The van der Waals surface area contributed by atoms with Crippen molar-refractivity contribution in [3.05, 3.63) is 42.9 Å². The Balaban J connectivity index is 0.00000208. The Bertz CT molecular complexity index is 671. The van der Waals surface area contributed by atoms with Crippen LogP contribution in [0.2, 0.25) is 0 Å². The van der Waals surface area contributed by atoms with Gasteiger partial charge in [0.25, 0.3) is 0 Å². The number of morpholine rings is 1. The molecule has 1 aromatic carbocycles. The molecule has 7 nitrogen and oxygen atoms in total. The lowest BCUT2D eigenvalue weighted by Gasteiger charge is -2.29. The molecule has 1 aromatic heterocycles. The lowest BCUT2D eigenvalue weighted by Crippen LogP contribution is -2.53. The number of benzene rings is 1. The second kappa shape index (κ2) is 8.58. The van der Waals surface area contributed by atoms with Crippen molar-refractivity contribution in [2.75, 3.05) is 18.5 Å². The van der Waals surface area contributed by atoms with Crippen molar-refractivity contribution in [1.82, 2.24) is 15.3 Å². The van der Waals surface area contributed by atoms with Gasteiger partial charge in [-0.3, -0.25) is 9.78 Å². The Kier molecular flexibility index (Phi) is 6.48. The molecule has 1 aliphatic rings. The van der Waals surface area contributed by atoms with Crippen molar-refractivity contribution < 1.29 is 14.3 Å².